The van der Waals surface area contributed by atoms with Crippen LogP contribution in [-0.4, -0.2) is 76.7 Å². The number of nitrogens with one attached hydrogen (secondary N) is 1. The summed E-state index contributed by atoms with van der Waals surface area (Å²) in [6, 6.07) is 3.83. The Balaban J connectivity index is 1.85. The molecule has 2 saturated heterocycles. The van der Waals surface area contributed by atoms with Crippen LogP contribution >= 0.6 is 0 Å². The molecule has 9 nitrogen and oxygen atoms in total. The third kappa shape index (κ3) is 4.66. The predicted octanol–water partition coefficient (Wildman–Crippen LogP) is 0.526. The normalized spacial score (nSPS) is 21.6. The molecule has 166 valence electrons. The van der Waals surface area contributed by atoms with Gasteiger partial charge < -0.3 is 19.3 Å². The molecule has 1 N–H and O–H groups in total. The number of hydrogen-bond donors (Lipinski definition) is 1. The van der Waals surface area contributed by atoms with Gasteiger partial charge in [0.25, 0.3) is 5.91 Å². The van der Waals surface area contributed by atoms with E-state index in [9.17, 15) is 18.0 Å². The highest BCUT2D eigenvalue weighted by molar-refractivity contribution is 7.89. The van der Waals surface area contributed by atoms with Crippen LogP contribution in [0, 0.1) is 0 Å². The first-order valence-electron chi connectivity index (χ1n) is 10.2. The van der Waals surface area contributed by atoms with Crippen molar-refractivity contribution in [3.8, 4) is 0 Å². The molecular formula is C20H29N3O6S. The van der Waals surface area contributed by atoms with E-state index in [4.69, 9.17) is 9.47 Å². The number of amides is 2. The summed E-state index contributed by atoms with van der Waals surface area (Å²) < 4.78 is 39.4. The van der Waals surface area contributed by atoms with Crippen molar-refractivity contribution in [1.82, 2.24) is 9.62 Å². The first kappa shape index (κ1) is 22.7. The van der Waals surface area contributed by atoms with Crippen LogP contribution in [0.3, 0.4) is 0 Å². The smallest absolute Gasteiger partial charge is 0.253 e. The molecule has 0 aromatic heterocycles. The summed E-state index contributed by atoms with van der Waals surface area (Å²) in [4.78, 5) is 28.4. The van der Waals surface area contributed by atoms with E-state index >= 15 is 0 Å². The van der Waals surface area contributed by atoms with Crippen molar-refractivity contribution in [2.75, 3.05) is 44.4 Å². The Morgan fingerprint density at radius 2 is 2.00 bits per heavy atom. The van der Waals surface area contributed by atoms with Gasteiger partial charge in [0.2, 0.25) is 15.9 Å². The van der Waals surface area contributed by atoms with Crippen molar-refractivity contribution in [2.24, 2.45) is 0 Å². The molecule has 0 bridgehead atoms. The number of rotatable bonds is 6. The quantitative estimate of drug-likeness (QED) is 0.693. The molecule has 2 heterocycles. The van der Waals surface area contributed by atoms with Crippen molar-refractivity contribution >= 4 is 27.5 Å². The highest BCUT2D eigenvalue weighted by atomic mass is 32.2. The van der Waals surface area contributed by atoms with Crippen LogP contribution in [0.15, 0.2) is 23.1 Å². The highest BCUT2D eigenvalue weighted by Crippen LogP contribution is 2.29. The predicted molar refractivity (Wildman–Crippen MR) is 111 cm³/mol. The Bertz CT molecular complexity index is 904. The van der Waals surface area contributed by atoms with Crippen LogP contribution in [0.25, 0.3) is 0 Å². The standard InChI is InChI=1S/C20H29N3O6S/c1-4-16-17(23-9-11-29-13-19(23)24)6-5-7-18(16)30(26,27)21-15(3)20(25)22-8-10-28-12-14(22)2/h5-7,14-15,21H,4,8-13H2,1-3H3/t14-,15-/m0/s1. The molecule has 2 amide bonds. The maximum absolute atomic E-state index is 13.2. The number of hydrogen-bond acceptors (Lipinski definition) is 6. The van der Waals surface area contributed by atoms with Gasteiger partial charge in [-0.15, -0.1) is 0 Å². The van der Waals surface area contributed by atoms with E-state index in [0.717, 1.165) is 0 Å². The number of sulfonamides is 1. The lowest BCUT2D eigenvalue weighted by molar-refractivity contribution is -0.140. The van der Waals surface area contributed by atoms with E-state index in [1.807, 2.05) is 13.8 Å². The number of anilines is 1. The van der Waals surface area contributed by atoms with Crippen molar-refractivity contribution in [3.05, 3.63) is 23.8 Å². The van der Waals surface area contributed by atoms with Gasteiger partial charge in [0, 0.05) is 18.8 Å². The molecule has 2 aliphatic heterocycles. The van der Waals surface area contributed by atoms with Crippen LogP contribution in [0.1, 0.15) is 26.3 Å². The molecular weight excluding hydrogens is 410 g/mol. The SMILES string of the molecule is CCc1c(N2CCOCC2=O)cccc1S(=O)(=O)N[C@@H](C)C(=O)N1CCOC[C@@H]1C. The molecule has 1 aromatic carbocycles. The molecule has 10 heteroatoms. The van der Waals surface area contributed by atoms with E-state index in [2.05, 4.69) is 4.72 Å². The summed E-state index contributed by atoms with van der Waals surface area (Å²) in [6.45, 7) is 7.29. The zero-order valence-corrected chi connectivity index (χ0v) is 18.4. The van der Waals surface area contributed by atoms with Gasteiger partial charge in [-0.1, -0.05) is 13.0 Å². The van der Waals surface area contributed by atoms with E-state index in [1.165, 1.54) is 6.07 Å². The first-order valence-corrected chi connectivity index (χ1v) is 11.6. The zero-order valence-electron chi connectivity index (χ0n) is 17.6. The Hall–Kier alpha value is -2.01. The lowest BCUT2D eigenvalue weighted by atomic mass is 10.1. The van der Waals surface area contributed by atoms with E-state index in [1.54, 1.807) is 28.9 Å². The average molecular weight is 440 g/mol. The molecule has 2 aliphatic rings. The molecule has 0 spiro atoms. The fourth-order valence-corrected chi connectivity index (χ4v) is 5.36. The Labute approximate surface area is 177 Å². The van der Waals surface area contributed by atoms with Gasteiger partial charge in [-0.25, -0.2) is 8.42 Å². The molecule has 2 fully saturated rings. The molecule has 0 saturated carbocycles. The van der Waals surface area contributed by atoms with E-state index in [-0.39, 0.29) is 29.4 Å². The second kappa shape index (κ2) is 9.42. The number of carbonyl (C=O) groups excluding carboxylic acids is 2. The Morgan fingerprint density at radius 3 is 2.67 bits per heavy atom. The molecule has 0 aliphatic carbocycles. The van der Waals surface area contributed by atoms with Gasteiger partial charge in [0.05, 0.1) is 36.8 Å². The third-order valence-corrected chi connectivity index (χ3v) is 7.01. The number of morpholine rings is 2. The van der Waals surface area contributed by atoms with Crippen molar-refractivity contribution in [1.29, 1.82) is 0 Å². The van der Waals surface area contributed by atoms with Gasteiger partial charge in [0.1, 0.15) is 6.61 Å². The maximum atomic E-state index is 13.2. The second-order valence-electron chi connectivity index (χ2n) is 7.50. The summed E-state index contributed by atoms with van der Waals surface area (Å²) in [5.41, 5.74) is 1.11. The largest absolute Gasteiger partial charge is 0.377 e. The average Bonchev–Trinajstić information content (AvgIpc) is 2.73. The summed E-state index contributed by atoms with van der Waals surface area (Å²) in [6.07, 6.45) is 0.417. The fourth-order valence-electron chi connectivity index (χ4n) is 3.84. The van der Waals surface area contributed by atoms with Gasteiger partial charge >= 0.3 is 0 Å². The molecule has 1 aromatic rings. The zero-order chi connectivity index (χ0) is 21.9. The topological polar surface area (TPSA) is 105 Å². The second-order valence-corrected chi connectivity index (χ2v) is 9.19. The fraction of sp³-hybridized carbons (Fsp3) is 0.600. The molecule has 30 heavy (non-hydrogen) atoms. The van der Waals surface area contributed by atoms with E-state index < -0.39 is 16.1 Å². The Morgan fingerprint density at radius 1 is 1.27 bits per heavy atom. The van der Waals surface area contributed by atoms with Crippen LogP contribution in [0.4, 0.5) is 5.69 Å². The minimum Gasteiger partial charge on any atom is -0.377 e. The monoisotopic (exact) mass is 439 g/mol. The third-order valence-electron chi connectivity index (χ3n) is 5.38. The van der Waals surface area contributed by atoms with Crippen molar-refractivity contribution in [2.45, 2.75) is 44.2 Å². The van der Waals surface area contributed by atoms with E-state index in [0.29, 0.717) is 50.6 Å². The first-order chi connectivity index (χ1) is 14.3. The lowest BCUT2D eigenvalue weighted by Crippen LogP contribution is -2.54. The van der Waals surface area contributed by atoms with Crippen LogP contribution in [-0.2, 0) is 35.5 Å². The van der Waals surface area contributed by atoms with Crippen LogP contribution in [0.5, 0.6) is 0 Å². The molecule has 0 unspecified atom stereocenters. The highest BCUT2D eigenvalue weighted by Gasteiger charge is 2.32. The molecule has 2 atom stereocenters. The van der Waals surface area contributed by atoms with Crippen LogP contribution in [0.2, 0.25) is 0 Å². The van der Waals surface area contributed by atoms with Gasteiger partial charge in [-0.2, -0.15) is 4.72 Å². The summed E-state index contributed by atoms with van der Waals surface area (Å²) in [5, 5.41) is 0. The minimum absolute atomic E-state index is 0.0261. The number of benzene rings is 1. The summed E-state index contributed by atoms with van der Waals surface area (Å²) in [7, 11) is -3.98. The van der Waals surface area contributed by atoms with Crippen molar-refractivity contribution < 1.29 is 27.5 Å². The van der Waals surface area contributed by atoms with Crippen LogP contribution < -0.4 is 9.62 Å². The van der Waals surface area contributed by atoms with Crippen molar-refractivity contribution in [3.63, 3.8) is 0 Å². The molecule has 3 rings (SSSR count). The Kier molecular flexibility index (Phi) is 7.12. The number of carbonyl (C=O) groups is 2. The lowest BCUT2D eigenvalue weighted by Gasteiger charge is -2.35. The van der Waals surface area contributed by atoms with Gasteiger partial charge in [-0.05, 0) is 38.0 Å². The summed E-state index contributed by atoms with van der Waals surface area (Å²) >= 11 is 0. The summed E-state index contributed by atoms with van der Waals surface area (Å²) in [5.74, 6) is -0.491. The van der Waals surface area contributed by atoms with Gasteiger partial charge in [-0.3, -0.25) is 9.59 Å². The molecule has 0 radical (unpaired) electrons. The van der Waals surface area contributed by atoms with Gasteiger partial charge in [0.15, 0.2) is 0 Å². The number of ether oxygens (including phenoxy) is 2. The number of nitrogens with zero attached hydrogens (tertiary/aromatic N) is 2. The minimum atomic E-state index is -3.98. The maximum Gasteiger partial charge on any atom is 0.253 e.